The van der Waals surface area contributed by atoms with Crippen LogP contribution in [0.3, 0.4) is 0 Å². The maximum atomic E-state index is 12.4. The number of aromatic amines is 1. The Labute approximate surface area is 163 Å². The summed E-state index contributed by atoms with van der Waals surface area (Å²) < 4.78 is 6.80. The molecule has 0 radical (unpaired) electrons. The van der Waals surface area contributed by atoms with Gasteiger partial charge in [0, 0.05) is 11.1 Å². The number of H-pyrrole nitrogens is 1. The van der Waals surface area contributed by atoms with Gasteiger partial charge in [-0.05, 0) is 36.4 Å². The lowest BCUT2D eigenvalue weighted by atomic mass is 10.1. The summed E-state index contributed by atoms with van der Waals surface area (Å²) >= 11 is 0. The third-order valence-electron chi connectivity index (χ3n) is 4.55. The quantitative estimate of drug-likeness (QED) is 0.490. The molecule has 3 aromatic heterocycles. The summed E-state index contributed by atoms with van der Waals surface area (Å²) in [6.45, 7) is 0. The van der Waals surface area contributed by atoms with Gasteiger partial charge in [0.1, 0.15) is 11.1 Å². The lowest BCUT2D eigenvalue weighted by Crippen LogP contribution is -2.14. The van der Waals surface area contributed by atoms with Gasteiger partial charge in [-0.1, -0.05) is 17.3 Å². The van der Waals surface area contributed by atoms with Crippen molar-refractivity contribution < 1.29 is 9.32 Å². The van der Waals surface area contributed by atoms with Crippen LogP contribution in [0.1, 0.15) is 5.69 Å². The van der Waals surface area contributed by atoms with E-state index in [1.165, 1.54) is 12.5 Å². The predicted octanol–water partition coefficient (Wildman–Crippen LogP) is 2.43. The molecule has 1 amide bonds. The molecule has 0 saturated carbocycles. The van der Waals surface area contributed by atoms with Crippen LogP contribution < -0.4 is 10.9 Å². The Morgan fingerprint density at radius 2 is 1.93 bits per heavy atom. The van der Waals surface area contributed by atoms with Crippen LogP contribution in [0.4, 0.5) is 5.69 Å². The van der Waals surface area contributed by atoms with Crippen LogP contribution >= 0.6 is 0 Å². The average molecular weight is 386 g/mol. The summed E-state index contributed by atoms with van der Waals surface area (Å²) in [4.78, 5) is 30.9. The van der Waals surface area contributed by atoms with Crippen molar-refractivity contribution in [3.63, 3.8) is 0 Å². The van der Waals surface area contributed by atoms with Gasteiger partial charge in [0.2, 0.25) is 5.91 Å². The standard InChI is InChI=1S/C20H14N6O3/c27-18(9-16-14-3-1-2-4-17(14)29-25-16)24-12-5-7-13(8-6-12)26-19-15(10-23-26)20(28)22-11-21-19/h1-8,10-11H,9H2,(H,24,27)(H,21,22,28). The zero-order chi connectivity index (χ0) is 19.8. The Morgan fingerprint density at radius 1 is 1.10 bits per heavy atom. The highest BCUT2D eigenvalue weighted by molar-refractivity contribution is 5.94. The van der Waals surface area contributed by atoms with E-state index in [4.69, 9.17) is 4.52 Å². The Bertz CT molecular complexity index is 1400. The SMILES string of the molecule is O=C(Cc1noc2ccccc12)Nc1ccc(-n2ncc3c(=O)[nH]cnc32)cc1. The van der Waals surface area contributed by atoms with Gasteiger partial charge in [0.05, 0.1) is 24.6 Å². The third-order valence-corrected chi connectivity index (χ3v) is 4.55. The van der Waals surface area contributed by atoms with Crippen LogP contribution in [0.5, 0.6) is 0 Å². The van der Waals surface area contributed by atoms with Gasteiger partial charge in [0.25, 0.3) is 5.56 Å². The molecule has 5 rings (SSSR count). The molecule has 0 atom stereocenters. The molecule has 0 aliphatic rings. The van der Waals surface area contributed by atoms with Gasteiger partial charge in [0.15, 0.2) is 11.2 Å². The number of amides is 1. The minimum absolute atomic E-state index is 0.106. The van der Waals surface area contributed by atoms with E-state index in [1.54, 1.807) is 28.9 Å². The van der Waals surface area contributed by atoms with Crippen molar-refractivity contribution in [1.82, 2.24) is 24.9 Å². The van der Waals surface area contributed by atoms with Crippen LogP contribution in [-0.4, -0.2) is 30.8 Å². The number of benzene rings is 2. The molecule has 3 heterocycles. The molecule has 2 aromatic carbocycles. The molecule has 9 nitrogen and oxygen atoms in total. The van der Waals surface area contributed by atoms with E-state index in [9.17, 15) is 9.59 Å². The van der Waals surface area contributed by atoms with Crippen LogP contribution in [0.2, 0.25) is 0 Å². The topological polar surface area (TPSA) is 119 Å². The molecular formula is C20H14N6O3. The summed E-state index contributed by atoms with van der Waals surface area (Å²) in [5.41, 5.74) is 2.81. The minimum Gasteiger partial charge on any atom is -0.356 e. The molecule has 0 spiro atoms. The zero-order valence-corrected chi connectivity index (χ0v) is 15.0. The molecule has 0 aliphatic carbocycles. The fraction of sp³-hybridized carbons (Fsp3) is 0.0500. The van der Waals surface area contributed by atoms with Gasteiger partial charge in [-0.15, -0.1) is 0 Å². The first-order chi connectivity index (χ1) is 14.2. The van der Waals surface area contributed by atoms with Crippen molar-refractivity contribution in [3.8, 4) is 5.69 Å². The molecule has 5 aromatic rings. The Kier molecular flexibility index (Phi) is 3.91. The highest BCUT2D eigenvalue weighted by Crippen LogP contribution is 2.19. The number of para-hydroxylation sites is 1. The number of hydrogen-bond donors (Lipinski definition) is 2. The molecular weight excluding hydrogens is 372 g/mol. The van der Waals surface area contributed by atoms with Gasteiger partial charge in [-0.2, -0.15) is 5.10 Å². The van der Waals surface area contributed by atoms with E-state index in [-0.39, 0.29) is 17.9 Å². The number of carbonyl (C=O) groups excluding carboxylic acids is 1. The molecule has 142 valence electrons. The number of fused-ring (bicyclic) bond motifs is 2. The van der Waals surface area contributed by atoms with E-state index in [0.29, 0.717) is 28.0 Å². The fourth-order valence-corrected chi connectivity index (χ4v) is 3.15. The highest BCUT2D eigenvalue weighted by atomic mass is 16.5. The molecule has 9 heteroatoms. The van der Waals surface area contributed by atoms with Crippen LogP contribution in [0.25, 0.3) is 27.7 Å². The molecule has 0 unspecified atom stereocenters. The van der Waals surface area contributed by atoms with E-state index in [2.05, 4.69) is 25.5 Å². The van der Waals surface area contributed by atoms with Crippen molar-refractivity contribution in [1.29, 1.82) is 0 Å². The number of nitrogens with one attached hydrogen (secondary N) is 2. The Balaban J connectivity index is 1.34. The molecule has 0 bridgehead atoms. The third kappa shape index (κ3) is 3.04. The van der Waals surface area contributed by atoms with Gasteiger partial charge >= 0.3 is 0 Å². The first kappa shape index (κ1) is 16.9. The number of hydrogen-bond acceptors (Lipinski definition) is 6. The fourth-order valence-electron chi connectivity index (χ4n) is 3.15. The van der Waals surface area contributed by atoms with E-state index >= 15 is 0 Å². The van der Waals surface area contributed by atoms with E-state index in [1.807, 2.05) is 24.3 Å². The molecule has 0 fully saturated rings. The minimum atomic E-state index is -0.245. The van der Waals surface area contributed by atoms with Crippen LogP contribution in [0.15, 0.2) is 70.4 Å². The largest absolute Gasteiger partial charge is 0.356 e. The molecule has 0 saturated heterocycles. The lowest BCUT2D eigenvalue weighted by Gasteiger charge is -2.06. The summed E-state index contributed by atoms with van der Waals surface area (Å²) in [6, 6.07) is 14.5. The average Bonchev–Trinajstić information content (AvgIpc) is 3.34. The van der Waals surface area contributed by atoms with E-state index in [0.717, 1.165) is 11.1 Å². The first-order valence-electron chi connectivity index (χ1n) is 8.84. The zero-order valence-electron chi connectivity index (χ0n) is 15.0. The van der Waals surface area contributed by atoms with Gasteiger partial charge in [-0.3, -0.25) is 9.59 Å². The monoisotopic (exact) mass is 386 g/mol. The van der Waals surface area contributed by atoms with Gasteiger partial charge in [-0.25, -0.2) is 9.67 Å². The number of anilines is 1. The predicted molar refractivity (Wildman–Crippen MR) is 106 cm³/mol. The molecule has 2 N–H and O–H groups in total. The van der Waals surface area contributed by atoms with Crippen molar-refractivity contribution >= 4 is 33.6 Å². The Morgan fingerprint density at radius 3 is 2.79 bits per heavy atom. The number of carbonyl (C=O) groups is 1. The summed E-state index contributed by atoms with van der Waals surface area (Å²) in [6.07, 6.45) is 2.92. The second-order valence-electron chi connectivity index (χ2n) is 6.42. The van der Waals surface area contributed by atoms with Crippen molar-refractivity contribution in [2.45, 2.75) is 6.42 Å². The summed E-state index contributed by atoms with van der Waals surface area (Å²) in [5, 5.41) is 12.3. The normalized spacial score (nSPS) is 11.2. The van der Waals surface area contributed by atoms with Gasteiger partial charge < -0.3 is 14.8 Å². The lowest BCUT2D eigenvalue weighted by molar-refractivity contribution is -0.115. The van der Waals surface area contributed by atoms with Crippen molar-refractivity contribution in [2.75, 3.05) is 5.32 Å². The van der Waals surface area contributed by atoms with Crippen molar-refractivity contribution in [3.05, 3.63) is 77.1 Å². The van der Waals surface area contributed by atoms with Crippen LogP contribution in [-0.2, 0) is 11.2 Å². The number of rotatable bonds is 4. The summed E-state index contributed by atoms with van der Waals surface area (Å²) in [5.74, 6) is -0.199. The first-order valence-corrected chi connectivity index (χ1v) is 8.84. The van der Waals surface area contributed by atoms with Crippen LogP contribution in [0, 0.1) is 0 Å². The summed E-state index contributed by atoms with van der Waals surface area (Å²) in [7, 11) is 0. The highest BCUT2D eigenvalue weighted by Gasteiger charge is 2.13. The van der Waals surface area contributed by atoms with Crippen molar-refractivity contribution in [2.24, 2.45) is 0 Å². The smallest absolute Gasteiger partial charge is 0.261 e. The Hall–Kier alpha value is -4.27. The maximum Gasteiger partial charge on any atom is 0.261 e. The second kappa shape index (κ2) is 6.71. The number of nitrogens with zero attached hydrogens (tertiary/aromatic N) is 4. The number of aromatic nitrogens is 5. The van der Waals surface area contributed by atoms with E-state index < -0.39 is 0 Å². The molecule has 0 aliphatic heterocycles. The second-order valence-corrected chi connectivity index (χ2v) is 6.42. The maximum absolute atomic E-state index is 12.4. The molecule has 29 heavy (non-hydrogen) atoms.